The molecule has 1 heterocycles. The Kier molecular flexibility index (Phi) is 6.18. The van der Waals surface area contributed by atoms with Gasteiger partial charge in [0.2, 0.25) is 5.91 Å². The van der Waals surface area contributed by atoms with E-state index in [-0.39, 0.29) is 24.2 Å². The van der Waals surface area contributed by atoms with Crippen LogP contribution in [0.3, 0.4) is 0 Å². The highest BCUT2D eigenvalue weighted by Crippen LogP contribution is 2.09. The highest BCUT2D eigenvalue weighted by atomic mass is 16.5. The van der Waals surface area contributed by atoms with Crippen LogP contribution in [-0.2, 0) is 14.3 Å². The third-order valence-electron chi connectivity index (χ3n) is 2.80. The number of carbonyl (C=O) groups excluding carboxylic acids is 1. The second kappa shape index (κ2) is 7.42. The van der Waals surface area contributed by atoms with Gasteiger partial charge >= 0.3 is 0 Å². The van der Waals surface area contributed by atoms with Crippen LogP contribution in [0.2, 0.25) is 0 Å². The summed E-state index contributed by atoms with van der Waals surface area (Å²) < 4.78 is 10.6. The Bertz CT molecular complexity index is 258. The van der Waals surface area contributed by atoms with Crippen molar-refractivity contribution in [3.05, 3.63) is 12.7 Å². The van der Waals surface area contributed by atoms with Gasteiger partial charge in [0.15, 0.2) is 0 Å². The normalized spacial score (nSPS) is 25.5. The Balaban J connectivity index is 2.19. The zero-order valence-electron chi connectivity index (χ0n) is 10.6. The second-order valence-corrected chi connectivity index (χ2v) is 4.23. The van der Waals surface area contributed by atoms with Gasteiger partial charge in [-0.2, -0.15) is 0 Å². The van der Waals surface area contributed by atoms with Crippen molar-refractivity contribution in [2.75, 3.05) is 26.8 Å². The van der Waals surface area contributed by atoms with Crippen LogP contribution >= 0.6 is 0 Å². The van der Waals surface area contributed by atoms with E-state index in [1.165, 1.54) is 0 Å². The van der Waals surface area contributed by atoms with Crippen molar-refractivity contribution in [3.63, 3.8) is 0 Å². The zero-order valence-corrected chi connectivity index (χ0v) is 10.6. The average Bonchev–Trinajstić information content (AvgIpc) is 2.82. The van der Waals surface area contributed by atoms with E-state index in [4.69, 9.17) is 9.47 Å². The molecule has 0 aliphatic carbocycles. The highest BCUT2D eigenvalue weighted by Gasteiger charge is 2.29. The van der Waals surface area contributed by atoms with Crippen LogP contribution in [0, 0.1) is 0 Å². The average molecular weight is 242 g/mol. The van der Waals surface area contributed by atoms with Gasteiger partial charge in [-0.1, -0.05) is 6.08 Å². The number of nitrogens with one attached hydrogen (secondary N) is 2. The van der Waals surface area contributed by atoms with Gasteiger partial charge in [0, 0.05) is 20.2 Å². The minimum Gasteiger partial charge on any atom is -0.380 e. The molecular weight excluding hydrogens is 220 g/mol. The van der Waals surface area contributed by atoms with Crippen LogP contribution in [0.1, 0.15) is 13.3 Å². The van der Waals surface area contributed by atoms with Crippen LogP contribution in [0.25, 0.3) is 0 Å². The fraction of sp³-hybridized carbons (Fsp3) is 0.750. The van der Waals surface area contributed by atoms with Crippen molar-refractivity contribution < 1.29 is 14.3 Å². The molecule has 0 aromatic heterocycles. The number of amides is 1. The van der Waals surface area contributed by atoms with E-state index < -0.39 is 0 Å². The van der Waals surface area contributed by atoms with Crippen molar-refractivity contribution in [2.24, 2.45) is 0 Å². The molecule has 1 rings (SSSR count). The van der Waals surface area contributed by atoms with E-state index in [1.807, 2.05) is 6.92 Å². The standard InChI is InChI=1S/C12H22N2O3/c1-4-5-17-9(2)7-14-12(15)11-6-10(16-3)8-13-11/h4,9-11,13H,1,5-8H2,2-3H3,(H,14,15). The lowest BCUT2D eigenvalue weighted by molar-refractivity contribution is -0.123. The van der Waals surface area contributed by atoms with Gasteiger partial charge in [0.25, 0.3) is 0 Å². The topological polar surface area (TPSA) is 59.6 Å². The van der Waals surface area contributed by atoms with Gasteiger partial charge in [0.1, 0.15) is 0 Å². The number of ether oxygens (including phenoxy) is 2. The summed E-state index contributed by atoms with van der Waals surface area (Å²) in [4.78, 5) is 11.8. The first kappa shape index (κ1) is 14.2. The van der Waals surface area contributed by atoms with Crippen molar-refractivity contribution in [3.8, 4) is 0 Å². The Labute approximate surface area is 103 Å². The lowest BCUT2D eigenvalue weighted by Gasteiger charge is -2.15. The molecule has 0 aromatic carbocycles. The minimum absolute atomic E-state index is 0.00317. The van der Waals surface area contributed by atoms with E-state index in [2.05, 4.69) is 17.2 Å². The summed E-state index contributed by atoms with van der Waals surface area (Å²) in [5, 5.41) is 5.99. The zero-order chi connectivity index (χ0) is 12.7. The molecule has 2 N–H and O–H groups in total. The largest absolute Gasteiger partial charge is 0.380 e. The first-order valence-corrected chi connectivity index (χ1v) is 5.93. The molecule has 0 radical (unpaired) electrons. The molecule has 17 heavy (non-hydrogen) atoms. The van der Waals surface area contributed by atoms with Crippen molar-refractivity contribution in [1.82, 2.24) is 10.6 Å². The number of methoxy groups -OCH3 is 1. The quantitative estimate of drug-likeness (QED) is 0.620. The Morgan fingerprint density at radius 1 is 1.71 bits per heavy atom. The van der Waals surface area contributed by atoms with Crippen molar-refractivity contribution >= 4 is 5.91 Å². The van der Waals surface area contributed by atoms with E-state index in [1.54, 1.807) is 13.2 Å². The Morgan fingerprint density at radius 2 is 2.47 bits per heavy atom. The predicted octanol–water partition coefficient (Wildman–Crippen LogP) is 0.0706. The number of rotatable bonds is 7. The molecule has 1 aliphatic heterocycles. The molecule has 1 aliphatic rings. The van der Waals surface area contributed by atoms with E-state index in [0.29, 0.717) is 13.2 Å². The molecule has 0 aromatic rings. The predicted molar refractivity (Wildman–Crippen MR) is 65.8 cm³/mol. The summed E-state index contributed by atoms with van der Waals surface area (Å²) in [6.45, 7) is 7.25. The number of hydrogen-bond acceptors (Lipinski definition) is 4. The van der Waals surface area contributed by atoms with Gasteiger partial charge in [-0.3, -0.25) is 4.79 Å². The second-order valence-electron chi connectivity index (χ2n) is 4.23. The third kappa shape index (κ3) is 4.85. The van der Waals surface area contributed by atoms with Gasteiger partial charge < -0.3 is 20.1 Å². The summed E-state index contributed by atoms with van der Waals surface area (Å²) in [6, 6.07) is -0.147. The van der Waals surface area contributed by atoms with Gasteiger partial charge in [-0.15, -0.1) is 6.58 Å². The maximum atomic E-state index is 11.8. The van der Waals surface area contributed by atoms with Crippen LogP contribution in [0.5, 0.6) is 0 Å². The van der Waals surface area contributed by atoms with E-state index >= 15 is 0 Å². The van der Waals surface area contributed by atoms with Crippen LogP contribution < -0.4 is 10.6 Å². The van der Waals surface area contributed by atoms with Crippen LogP contribution in [0.4, 0.5) is 0 Å². The van der Waals surface area contributed by atoms with Crippen molar-refractivity contribution in [1.29, 1.82) is 0 Å². The van der Waals surface area contributed by atoms with E-state index in [9.17, 15) is 4.79 Å². The summed E-state index contributed by atoms with van der Waals surface area (Å²) in [6.07, 6.45) is 2.56. The van der Waals surface area contributed by atoms with Crippen LogP contribution in [-0.4, -0.2) is 51.0 Å². The third-order valence-corrected chi connectivity index (χ3v) is 2.80. The lowest BCUT2D eigenvalue weighted by Crippen LogP contribution is -2.43. The fourth-order valence-electron chi connectivity index (χ4n) is 1.74. The first-order chi connectivity index (χ1) is 8.17. The smallest absolute Gasteiger partial charge is 0.237 e. The summed E-state index contributed by atoms with van der Waals surface area (Å²) in [5.74, 6) is 0.0126. The SMILES string of the molecule is C=CCOC(C)CNC(=O)C1CC(OC)CN1. The molecule has 5 heteroatoms. The first-order valence-electron chi connectivity index (χ1n) is 5.93. The lowest BCUT2D eigenvalue weighted by atomic mass is 10.2. The van der Waals surface area contributed by atoms with Gasteiger partial charge in [0.05, 0.1) is 24.9 Å². The molecule has 0 bridgehead atoms. The Morgan fingerprint density at radius 3 is 3.06 bits per heavy atom. The summed E-state index contributed by atoms with van der Waals surface area (Å²) >= 11 is 0. The fourth-order valence-corrected chi connectivity index (χ4v) is 1.74. The maximum Gasteiger partial charge on any atom is 0.237 e. The maximum absolute atomic E-state index is 11.8. The van der Waals surface area contributed by atoms with Crippen molar-refractivity contribution in [2.45, 2.75) is 31.6 Å². The van der Waals surface area contributed by atoms with E-state index in [0.717, 1.165) is 13.0 Å². The molecule has 0 saturated carbocycles. The molecule has 0 spiro atoms. The molecule has 1 amide bonds. The Hall–Kier alpha value is -0.910. The number of hydrogen-bond donors (Lipinski definition) is 2. The molecule has 98 valence electrons. The monoisotopic (exact) mass is 242 g/mol. The summed E-state index contributed by atoms with van der Waals surface area (Å²) in [5.41, 5.74) is 0. The molecule has 3 atom stereocenters. The molecule has 1 saturated heterocycles. The molecule has 1 fully saturated rings. The van der Waals surface area contributed by atoms with Crippen LogP contribution in [0.15, 0.2) is 12.7 Å². The molecule has 3 unspecified atom stereocenters. The highest BCUT2D eigenvalue weighted by molar-refractivity contribution is 5.82. The molecule has 5 nitrogen and oxygen atoms in total. The van der Waals surface area contributed by atoms with Gasteiger partial charge in [-0.05, 0) is 13.3 Å². The minimum atomic E-state index is -0.147. The summed E-state index contributed by atoms with van der Waals surface area (Å²) in [7, 11) is 1.66. The number of carbonyl (C=O) groups is 1. The van der Waals surface area contributed by atoms with Gasteiger partial charge in [-0.25, -0.2) is 0 Å². The molecular formula is C12H22N2O3.